The molecule has 116 heavy (non-hydrogen) atoms. The molecule has 12 aromatic rings. The van der Waals surface area contributed by atoms with Gasteiger partial charge >= 0.3 is 0 Å². The van der Waals surface area contributed by atoms with Gasteiger partial charge in [0, 0.05) is 55.0 Å². The van der Waals surface area contributed by atoms with Crippen molar-refractivity contribution in [3.8, 4) is 46.5 Å². The second-order valence-electron chi connectivity index (χ2n) is 30.7. The zero-order chi connectivity index (χ0) is 79.7. The summed E-state index contributed by atoms with van der Waals surface area (Å²) in [4.78, 5) is 113. The maximum atomic E-state index is 13.7. The Morgan fingerprint density at radius 3 is 1.22 bits per heavy atom. The Balaban J connectivity index is 0.000000111. The minimum absolute atomic E-state index is 0.00265. The van der Waals surface area contributed by atoms with Crippen LogP contribution in [0.25, 0.3) is 27.8 Å². The average Bonchev–Trinajstić information content (AvgIpc) is 1.61. The molecule has 4 saturated heterocycles. The van der Waals surface area contributed by atoms with E-state index < -0.39 is 0 Å². The molecule has 8 fully saturated rings. The van der Waals surface area contributed by atoms with Crippen molar-refractivity contribution in [1.29, 1.82) is 0 Å². The van der Waals surface area contributed by atoms with Crippen molar-refractivity contribution in [1.82, 2.24) is 119 Å². The van der Waals surface area contributed by atoms with E-state index in [0.29, 0.717) is 112 Å². The Labute approximate surface area is 667 Å². The standard InChI is InChI=1S/C23H24N4O3.2C20H21N7O2.C20H20N6O2/c1-3-29-22-21(17-7-5-4-6-16(17)11-26-22)23(28)27-13-15-8-18(27)19(9-15)30-20-12-24-14(2)10-25-20;1-12-5-16(27-24-3-4-25-27)19(23-8-12)20(28)26-11-14-6-15(26)17(7-14)29-18-10-21-13(2)9-22-18;1-12-3-4-15(27-23-5-6-24-27)19(25-12)20(28)26-11-14-7-16(26)17(8-14)29-18-10-21-13(2)9-22-18;1-13-10-22-19(11-21-13)28-18-9-14-8-17(18)25(12-14)20(27)15-4-2-3-5-16(15)26-23-6-7-24-26/h4-7,10-12,15,18-19H,3,8-9,13H2,1-2H3;3-5,8-10,14-15,17H,6-7,11H2,1-2H3;3-6,9-10,14,16-17H,7-8,11H2,1-2H3;2-7,10-11,14,17-18H,8-9,12H2,1H3. The van der Waals surface area contributed by atoms with Crippen LogP contribution in [-0.4, -0.2) is 224 Å². The third-order valence-corrected chi connectivity index (χ3v) is 22.6. The van der Waals surface area contributed by atoms with Crippen LogP contribution >= 0.6 is 0 Å². The largest absolute Gasteiger partial charge is 0.477 e. The monoisotopic (exact) mass is 1560 g/mol. The third kappa shape index (κ3) is 15.8. The molecule has 4 aliphatic heterocycles. The Kier molecular flexibility index (Phi) is 21.3. The van der Waals surface area contributed by atoms with Crippen molar-refractivity contribution in [2.45, 2.75) is 148 Å². The molecular formula is C83H86N24O9. The normalized spacial score (nSPS) is 22.8. The van der Waals surface area contributed by atoms with E-state index in [0.717, 1.165) is 109 Å². The van der Waals surface area contributed by atoms with E-state index in [4.69, 9.17) is 23.7 Å². The van der Waals surface area contributed by atoms with Crippen molar-refractivity contribution >= 4 is 34.4 Å². The van der Waals surface area contributed by atoms with Gasteiger partial charge in [-0.05, 0) is 159 Å². The van der Waals surface area contributed by atoms with E-state index in [1.54, 1.807) is 99.1 Å². The van der Waals surface area contributed by atoms with Crippen LogP contribution in [-0.2, 0) is 0 Å². The molecule has 0 spiro atoms. The quantitative estimate of drug-likeness (QED) is 0.0820. The number of carbonyl (C=O) groups excluding carboxylic acids is 4. The van der Waals surface area contributed by atoms with Gasteiger partial charge in [-0.2, -0.15) is 35.4 Å². The molecule has 0 radical (unpaired) electrons. The predicted octanol–water partition coefficient (Wildman–Crippen LogP) is 8.96. The molecule has 20 rings (SSSR count). The summed E-state index contributed by atoms with van der Waals surface area (Å²) >= 11 is 0. The van der Waals surface area contributed by atoms with Gasteiger partial charge in [-0.25, -0.2) is 34.9 Å². The highest BCUT2D eigenvalue weighted by Gasteiger charge is 2.53. The topological polar surface area (TPSA) is 361 Å². The highest BCUT2D eigenvalue weighted by Crippen LogP contribution is 2.45. The summed E-state index contributed by atoms with van der Waals surface area (Å²) in [6, 6.07) is 20.9. The lowest BCUT2D eigenvalue weighted by Gasteiger charge is -2.33. The van der Waals surface area contributed by atoms with Crippen molar-refractivity contribution in [2.75, 3.05) is 32.8 Å². The summed E-state index contributed by atoms with van der Waals surface area (Å²) < 4.78 is 30.1. The molecule has 8 bridgehead atoms. The number of pyridine rings is 3. The van der Waals surface area contributed by atoms with Gasteiger partial charge < -0.3 is 43.3 Å². The van der Waals surface area contributed by atoms with Crippen LogP contribution in [0.2, 0.25) is 0 Å². The molecule has 10 aromatic heterocycles. The van der Waals surface area contributed by atoms with Gasteiger partial charge in [0.1, 0.15) is 41.4 Å². The first kappa shape index (κ1) is 75.5. The van der Waals surface area contributed by atoms with E-state index in [9.17, 15) is 19.2 Å². The summed E-state index contributed by atoms with van der Waals surface area (Å²) in [6.45, 7) is 16.6. The van der Waals surface area contributed by atoms with Crippen LogP contribution in [0.15, 0.2) is 166 Å². The maximum absolute atomic E-state index is 13.7. The number of likely N-dealkylation sites (tertiary alicyclic amines) is 4. The molecule has 2 aromatic carbocycles. The van der Waals surface area contributed by atoms with E-state index in [2.05, 4.69) is 85.4 Å². The lowest BCUT2D eigenvalue weighted by atomic mass is 10.0. The number of amides is 4. The SMILES string of the molecule is CCOc1ncc2ccccc2c1C(=O)N1CC2CC(Oc3cnc(C)cn3)C1C2.Cc1cnc(C(=O)N2CC3CC(Oc4cnc(C)cn4)C2C3)c(-n2nccn2)c1.Cc1cnc(OC2CC3CC2N(C(=O)c2ccccc2-n2nccn2)C3)cn1.Cc1cnc(OC2CC3CC2N(C(=O)c2nc(C)ccc2-n2nccn2)C3)cn1. The number of hydrogen-bond acceptors (Lipinski definition) is 26. The molecule has 12 unspecified atom stereocenters. The van der Waals surface area contributed by atoms with E-state index in [-0.39, 0.29) is 72.2 Å². The number of rotatable bonds is 17. The fourth-order valence-corrected chi connectivity index (χ4v) is 17.4. The van der Waals surface area contributed by atoms with Gasteiger partial charge in [0.25, 0.3) is 23.6 Å². The number of fused-ring (bicyclic) bond motifs is 9. The number of para-hydroxylation sites is 1. The number of carbonyl (C=O) groups is 4. The molecular weight excluding hydrogens is 1480 g/mol. The average molecular weight is 1560 g/mol. The van der Waals surface area contributed by atoms with E-state index >= 15 is 0 Å². The Morgan fingerprint density at radius 1 is 0.371 bits per heavy atom. The summed E-state index contributed by atoms with van der Waals surface area (Å²) in [5.74, 6) is 3.84. The first-order chi connectivity index (χ1) is 56.5. The zero-order valence-corrected chi connectivity index (χ0v) is 65.1. The first-order valence-corrected chi connectivity index (χ1v) is 39.2. The van der Waals surface area contributed by atoms with Gasteiger partial charge in [-0.1, -0.05) is 36.4 Å². The maximum Gasteiger partial charge on any atom is 0.275 e. The van der Waals surface area contributed by atoms with Gasteiger partial charge in [-0.15, -0.1) is 9.59 Å². The van der Waals surface area contributed by atoms with Crippen LogP contribution in [0.1, 0.15) is 134 Å². The summed E-state index contributed by atoms with van der Waals surface area (Å²) in [6.07, 6.45) is 33.4. The number of hydrogen-bond donors (Lipinski definition) is 0. The molecule has 592 valence electrons. The highest BCUT2D eigenvalue weighted by molar-refractivity contribution is 6.09. The summed E-state index contributed by atoms with van der Waals surface area (Å²) in [7, 11) is 0. The molecule has 4 amide bonds. The smallest absolute Gasteiger partial charge is 0.275 e. The van der Waals surface area contributed by atoms with Crippen LogP contribution in [0.3, 0.4) is 0 Å². The van der Waals surface area contributed by atoms with Crippen LogP contribution in [0.5, 0.6) is 29.4 Å². The molecule has 12 atom stereocenters. The summed E-state index contributed by atoms with van der Waals surface area (Å²) in [5.41, 5.74) is 8.79. The second-order valence-corrected chi connectivity index (χ2v) is 30.7. The van der Waals surface area contributed by atoms with E-state index in [1.807, 2.05) is 135 Å². The van der Waals surface area contributed by atoms with Crippen molar-refractivity contribution < 1.29 is 42.9 Å². The van der Waals surface area contributed by atoms with Crippen molar-refractivity contribution in [3.63, 3.8) is 0 Å². The van der Waals surface area contributed by atoms with Gasteiger partial charge in [0.2, 0.25) is 29.4 Å². The minimum Gasteiger partial charge on any atom is -0.477 e. The van der Waals surface area contributed by atoms with Gasteiger partial charge in [0.15, 0.2) is 11.4 Å². The number of benzene rings is 2. The number of aromatic nitrogens is 20. The predicted molar refractivity (Wildman–Crippen MR) is 417 cm³/mol. The Bertz CT molecular complexity index is 5500. The zero-order valence-electron chi connectivity index (χ0n) is 65.1. The minimum atomic E-state index is -0.118. The molecule has 14 heterocycles. The first-order valence-electron chi connectivity index (χ1n) is 39.2. The highest BCUT2D eigenvalue weighted by atomic mass is 16.5. The molecule has 4 saturated carbocycles. The number of aryl methyl sites for hydroxylation is 6. The fraction of sp³-hybridized carbons (Fsp3) is 0.386. The molecule has 33 heteroatoms. The third-order valence-electron chi connectivity index (χ3n) is 22.6. The molecule has 4 aliphatic carbocycles. The fourth-order valence-electron chi connectivity index (χ4n) is 17.4. The Morgan fingerprint density at radius 2 is 0.776 bits per heavy atom. The lowest BCUT2D eigenvalue weighted by molar-refractivity contribution is 0.0457. The van der Waals surface area contributed by atoms with Crippen LogP contribution < -0.4 is 23.7 Å². The van der Waals surface area contributed by atoms with E-state index in [1.165, 1.54) is 14.4 Å². The number of nitrogens with zero attached hydrogens (tertiary/aromatic N) is 24. The lowest BCUT2D eigenvalue weighted by Crippen LogP contribution is -2.47. The number of ether oxygens (including phenoxy) is 5. The van der Waals surface area contributed by atoms with Crippen molar-refractivity contribution in [3.05, 3.63) is 222 Å². The second kappa shape index (κ2) is 32.7. The molecule has 8 aliphatic rings. The summed E-state index contributed by atoms with van der Waals surface area (Å²) in [5, 5.41) is 26.8. The molecule has 33 nitrogen and oxygen atoms in total. The van der Waals surface area contributed by atoms with Crippen molar-refractivity contribution in [2.24, 2.45) is 23.7 Å². The van der Waals surface area contributed by atoms with Crippen LogP contribution in [0, 0.1) is 65.2 Å². The van der Waals surface area contributed by atoms with Gasteiger partial charge in [0.05, 0.1) is 152 Å². The Hall–Kier alpha value is -13.2. The van der Waals surface area contributed by atoms with Crippen LogP contribution in [0.4, 0.5) is 0 Å². The molecule has 0 N–H and O–H groups in total. The number of piperidine rings is 4. The van der Waals surface area contributed by atoms with Gasteiger partial charge in [-0.3, -0.25) is 39.1 Å².